The summed E-state index contributed by atoms with van der Waals surface area (Å²) in [5, 5.41) is 17.9. The van der Waals surface area contributed by atoms with Gasteiger partial charge in [0.25, 0.3) is 0 Å². The van der Waals surface area contributed by atoms with Crippen molar-refractivity contribution in [2.24, 2.45) is 7.05 Å². The van der Waals surface area contributed by atoms with Gasteiger partial charge in [-0.15, -0.1) is 10.2 Å². The molecule has 0 aliphatic rings. The lowest BCUT2D eigenvalue weighted by Crippen LogP contribution is -2.04. The highest BCUT2D eigenvalue weighted by Gasteiger charge is 2.08. The van der Waals surface area contributed by atoms with Crippen molar-refractivity contribution >= 4 is 28.2 Å². The standard InChI is InChI=1S/C14H14ClN5/c1-9-10(8-17-20(9)2)7-16-14-12-6-4-3-5-11(12)13(15)18-19-14/h3-6,8H,7H2,1-2H3,(H,16,19). The smallest absolute Gasteiger partial charge is 0.159 e. The number of fused-ring (bicyclic) bond motifs is 1. The lowest BCUT2D eigenvalue weighted by Gasteiger charge is -2.08. The van der Waals surface area contributed by atoms with Crippen LogP contribution in [0.5, 0.6) is 0 Å². The lowest BCUT2D eigenvalue weighted by molar-refractivity contribution is 0.738. The number of benzene rings is 1. The van der Waals surface area contributed by atoms with E-state index in [1.807, 2.05) is 49.1 Å². The van der Waals surface area contributed by atoms with E-state index in [1.54, 1.807) is 0 Å². The van der Waals surface area contributed by atoms with Gasteiger partial charge in [0, 0.05) is 35.6 Å². The molecule has 0 saturated heterocycles. The molecular weight excluding hydrogens is 274 g/mol. The van der Waals surface area contributed by atoms with Crippen molar-refractivity contribution in [1.82, 2.24) is 20.0 Å². The van der Waals surface area contributed by atoms with E-state index < -0.39 is 0 Å². The topological polar surface area (TPSA) is 55.6 Å². The second kappa shape index (κ2) is 5.09. The molecule has 1 aromatic carbocycles. The zero-order valence-electron chi connectivity index (χ0n) is 11.3. The van der Waals surface area contributed by atoms with Gasteiger partial charge in [-0.25, -0.2) is 0 Å². The average Bonchev–Trinajstić information content (AvgIpc) is 2.79. The molecule has 1 N–H and O–H groups in total. The van der Waals surface area contributed by atoms with Crippen LogP contribution in [0, 0.1) is 6.92 Å². The van der Waals surface area contributed by atoms with Gasteiger partial charge in [0.1, 0.15) is 0 Å². The maximum absolute atomic E-state index is 6.06. The van der Waals surface area contributed by atoms with Gasteiger partial charge in [-0.05, 0) is 6.92 Å². The van der Waals surface area contributed by atoms with Crippen molar-refractivity contribution in [2.75, 3.05) is 5.32 Å². The quantitative estimate of drug-likeness (QED) is 0.805. The predicted molar refractivity (Wildman–Crippen MR) is 79.8 cm³/mol. The molecule has 0 saturated carbocycles. The highest BCUT2D eigenvalue weighted by atomic mass is 35.5. The molecule has 6 heteroatoms. The fourth-order valence-corrected chi connectivity index (χ4v) is 2.30. The fourth-order valence-electron chi connectivity index (χ4n) is 2.10. The second-order valence-electron chi connectivity index (χ2n) is 4.62. The molecule has 2 heterocycles. The van der Waals surface area contributed by atoms with Crippen molar-refractivity contribution in [1.29, 1.82) is 0 Å². The maximum Gasteiger partial charge on any atom is 0.159 e. The minimum atomic E-state index is 0.420. The first kappa shape index (κ1) is 12.9. The van der Waals surface area contributed by atoms with E-state index in [0.29, 0.717) is 11.7 Å². The molecule has 5 nitrogen and oxygen atoms in total. The minimum absolute atomic E-state index is 0.420. The van der Waals surface area contributed by atoms with Crippen LogP contribution in [-0.2, 0) is 13.6 Å². The summed E-state index contributed by atoms with van der Waals surface area (Å²) in [6, 6.07) is 7.81. The molecule has 0 aliphatic carbocycles. The highest BCUT2D eigenvalue weighted by molar-refractivity contribution is 6.34. The predicted octanol–water partition coefficient (Wildman–Crippen LogP) is 2.94. The van der Waals surface area contributed by atoms with Crippen molar-refractivity contribution < 1.29 is 0 Å². The summed E-state index contributed by atoms with van der Waals surface area (Å²) >= 11 is 6.06. The third kappa shape index (κ3) is 2.20. The second-order valence-corrected chi connectivity index (χ2v) is 4.98. The van der Waals surface area contributed by atoms with Gasteiger partial charge >= 0.3 is 0 Å². The Labute approximate surface area is 121 Å². The SMILES string of the molecule is Cc1c(CNc2nnc(Cl)c3ccccc23)cnn1C. The van der Waals surface area contributed by atoms with E-state index in [4.69, 9.17) is 11.6 Å². The Morgan fingerprint density at radius 1 is 1.20 bits per heavy atom. The van der Waals surface area contributed by atoms with Gasteiger partial charge in [0.05, 0.1) is 6.20 Å². The van der Waals surface area contributed by atoms with Crippen molar-refractivity contribution in [3.63, 3.8) is 0 Å². The number of anilines is 1. The van der Waals surface area contributed by atoms with E-state index in [-0.39, 0.29) is 0 Å². The molecule has 3 rings (SSSR count). The Kier molecular flexibility index (Phi) is 3.28. The van der Waals surface area contributed by atoms with Crippen LogP contribution in [0.15, 0.2) is 30.5 Å². The molecule has 20 heavy (non-hydrogen) atoms. The Bertz CT molecular complexity index is 765. The lowest BCUT2D eigenvalue weighted by atomic mass is 10.2. The summed E-state index contributed by atoms with van der Waals surface area (Å²) in [5.41, 5.74) is 2.26. The first-order valence-electron chi connectivity index (χ1n) is 6.29. The molecule has 0 fully saturated rings. The Hall–Kier alpha value is -2.14. The number of halogens is 1. The van der Waals surface area contributed by atoms with Gasteiger partial charge in [-0.3, -0.25) is 4.68 Å². The van der Waals surface area contributed by atoms with Gasteiger partial charge in [-0.1, -0.05) is 35.9 Å². The zero-order valence-corrected chi connectivity index (χ0v) is 12.0. The number of aromatic nitrogens is 4. The Balaban J connectivity index is 1.92. The van der Waals surface area contributed by atoms with Crippen molar-refractivity contribution in [3.05, 3.63) is 46.9 Å². The normalized spacial score (nSPS) is 10.9. The van der Waals surface area contributed by atoms with E-state index in [9.17, 15) is 0 Å². The number of hydrogen-bond donors (Lipinski definition) is 1. The van der Waals surface area contributed by atoms with Crippen LogP contribution in [0.1, 0.15) is 11.3 Å². The van der Waals surface area contributed by atoms with E-state index >= 15 is 0 Å². The molecule has 0 aliphatic heterocycles. The molecule has 2 aromatic heterocycles. The van der Waals surface area contributed by atoms with Crippen LogP contribution in [0.2, 0.25) is 5.15 Å². The summed E-state index contributed by atoms with van der Waals surface area (Å²) in [5.74, 6) is 0.730. The van der Waals surface area contributed by atoms with E-state index in [2.05, 4.69) is 20.6 Å². The Morgan fingerprint density at radius 2 is 1.95 bits per heavy atom. The molecule has 0 spiro atoms. The molecule has 0 unspecified atom stereocenters. The summed E-state index contributed by atoms with van der Waals surface area (Å²) in [6.07, 6.45) is 1.86. The van der Waals surface area contributed by atoms with Crippen LogP contribution < -0.4 is 5.32 Å². The highest BCUT2D eigenvalue weighted by Crippen LogP contribution is 2.25. The first-order valence-corrected chi connectivity index (χ1v) is 6.67. The summed E-state index contributed by atoms with van der Waals surface area (Å²) in [6.45, 7) is 2.69. The van der Waals surface area contributed by atoms with Crippen molar-refractivity contribution in [3.8, 4) is 0 Å². The van der Waals surface area contributed by atoms with Gasteiger partial charge in [0.2, 0.25) is 0 Å². The number of rotatable bonds is 3. The molecule has 0 atom stereocenters. The zero-order chi connectivity index (χ0) is 14.1. The van der Waals surface area contributed by atoms with Gasteiger partial charge < -0.3 is 5.32 Å². The number of nitrogens with one attached hydrogen (secondary N) is 1. The monoisotopic (exact) mass is 287 g/mol. The number of aryl methyl sites for hydroxylation is 1. The van der Waals surface area contributed by atoms with Gasteiger partial charge in [0.15, 0.2) is 11.0 Å². The van der Waals surface area contributed by atoms with E-state index in [1.165, 1.54) is 0 Å². The first-order chi connectivity index (χ1) is 9.66. The number of nitrogens with zero attached hydrogens (tertiary/aromatic N) is 4. The van der Waals surface area contributed by atoms with Crippen LogP contribution in [0.3, 0.4) is 0 Å². The van der Waals surface area contributed by atoms with E-state index in [0.717, 1.165) is 27.8 Å². The molecule has 0 bridgehead atoms. The Morgan fingerprint density at radius 3 is 2.65 bits per heavy atom. The molecule has 0 amide bonds. The summed E-state index contributed by atoms with van der Waals surface area (Å²) < 4.78 is 1.85. The molecule has 0 radical (unpaired) electrons. The van der Waals surface area contributed by atoms with Crippen molar-refractivity contribution in [2.45, 2.75) is 13.5 Å². The van der Waals surface area contributed by atoms with Crippen LogP contribution >= 0.6 is 11.6 Å². The average molecular weight is 288 g/mol. The van der Waals surface area contributed by atoms with Crippen LogP contribution in [-0.4, -0.2) is 20.0 Å². The fraction of sp³-hybridized carbons (Fsp3) is 0.214. The van der Waals surface area contributed by atoms with Crippen LogP contribution in [0.25, 0.3) is 10.8 Å². The maximum atomic E-state index is 6.06. The largest absolute Gasteiger partial charge is 0.364 e. The van der Waals surface area contributed by atoms with Gasteiger partial charge in [-0.2, -0.15) is 5.10 Å². The number of hydrogen-bond acceptors (Lipinski definition) is 4. The van der Waals surface area contributed by atoms with Crippen LogP contribution in [0.4, 0.5) is 5.82 Å². The summed E-state index contributed by atoms with van der Waals surface area (Å²) in [7, 11) is 1.93. The minimum Gasteiger partial charge on any atom is -0.364 e. The third-order valence-electron chi connectivity index (χ3n) is 3.43. The summed E-state index contributed by atoms with van der Waals surface area (Å²) in [4.78, 5) is 0. The molecule has 3 aromatic rings. The molecule has 102 valence electrons. The molecular formula is C14H14ClN5. The third-order valence-corrected chi connectivity index (χ3v) is 3.70.